The molecule has 0 atom stereocenters. The van der Waals surface area contributed by atoms with Crippen LogP contribution in [0.5, 0.6) is 5.75 Å². The van der Waals surface area contributed by atoms with Gasteiger partial charge >= 0.3 is 0 Å². The predicted octanol–water partition coefficient (Wildman–Crippen LogP) is 3.72. The van der Waals surface area contributed by atoms with Crippen molar-refractivity contribution in [2.24, 2.45) is 5.10 Å². The van der Waals surface area contributed by atoms with Crippen LogP contribution in [0.15, 0.2) is 72.0 Å². The molecule has 0 radical (unpaired) electrons. The number of hydrogen-bond donors (Lipinski definition) is 3. The van der Waals surface area contributed by atoms with E-state index in [1.165, 1.54) is 6.21 Å². The van der Waals surface area contributed by atoms with E-state index in [0.717, 1.165) is 27.2 Å². The largest absolute Gasteiger partial charge is 0.507 e. The third-order valence-electron chi connectivity index (χ3n) is 4.36. The van der Waals surface area contributed by atoms with Gasteiger partial charge in [0.2, 0.25) is 5.91 Å². The van der Waals surface area contributed by atoms with Crippen LogP contribution in [0.4, 0.5) is 0 Å². The van der Waals surface area contributed by atoms with Gasteiger partial charge in [0.25, 0.3) is 0 Å². The van der Waals surface area contributed by atoms with Gasteiger partial charge in [0, 0.05) is 22.7 Å². The normalized spacial score (nSPS) is 11.4. The van der Waals surface area contributed by atoms with E-state index in [0.29, 0.717) is 5.56 Å². The minimum Gasteiger partial charge on any atom is -0.507 e. The molecule has 1 amide bonds. The minimum atomic E-state index is -0.217. The lowest BCUT2D eigenvalue weighted by molar-refractivity contribution is -0.120. The van der Waals surface area contributed by atoms with Gasteiger partial charge in [0.05, 0.1) is 12.6 Å². The summed E-state index contributed by atoms with van der Waals surface area (Å²) < 4.78 is 0. The Balaban J connectivity index is 1.50. The van der Waals surface area contributed by atoms with Crippen molar-refractivity contribution in [2.45, 2.75) is 6.42 Å². The maximum Gasteiger partial charge on any atom is 0.244 e. The van der Waals surface area contributed by atoms with E-state index in [1.807, 2.05) is 60.8 Å². The summed E-state index contributed by atoms with van der Waals surface area (Å²) in [7, 11) is 0. The highest BCUT2D eigenvalue weighted by Gasteiger charge is 2.08. The van der Waals surface area contributed by atoms with E-state index in [-0.39, 0.29) is 18.1 Å². The van der Waals surface area contributed by atoms with Crippen LogP contribution in [-0.4, -0.2) is 22.2 Å². The molecule has 4 rings (SSSR count). The van der Waals surface area contributed by atoms with Crippen molar-refractivity contribution in [2.75, 3.05) is 0 Å². The number of aromatic amines is 1. The number of aromatic hydroxyl groups is 1. The number of phenols is 1. The molecule has 5 nitrogen and oxygen atoms in total. The Bertz CT molecular complexity index is 1130. The zero-order valence-electron chi connectivity index (χ0n) is 13.9. The van der Waals surface area contributed by atoms with Gasteiger partial charge in [-0.15, -0.1) is 0 Å². The molecule has 1 heterocycles. The van der Waals surface area contributed by atoms with E-state index in [4.69, 9.17) is 0 Å². The fraction of sp³-hybridized carbons (Fsp3) is 0.0476. The summed E-state index contributed by atoms with van der Waals surface area (Å²) in [4.78, 5) is 15.3. The molecular formula is C21H17N3O2. The van der Waals surface area contributed by atoms with Crippen LogP contribution >= 0.6 is 0 Å². The Labute approximate surface area is 150 Å². The number of H-pyrrole nitrogens is 1. The lowest BCUT2D eigenvalue weighted by atomic mass is 10.0. The number of amides is 1. The Kier molecular flexibility index (Phi) is 4.11. The molecular weight excluding hydrogens is 326 g/mol. The highest BCUT2D eigenvalue weighted by molar-refractivity contribution is 6.02. The summed E-state index contributed by atoms with van der Waals surface area (Å²) in [6.07, 6.45) is 3.54. The molecule has 5 heteroatoms. The molecule has 3 N–H and O–H groups in total. The van der Waals surface area contributed by atoms with Gasteiger partial charge in [0.1, 0.15) is 5.75 Å². The summed E-state index contributed by atoms with van der Waals surface area (Å²) in [6, 6.07) is 19.0. The Morgan fingerprint density at radius 1 is 1.04 bits per heavy atom. The maximum absolute atomic E-state index is 12.2. The van der Waals surface area contributed by atoms with Crippen molar-refractivity contribution in [3.05, 3.63) is 78.0 Å². The van der Waals surface area contributed by atoms with Crippen molar-refractivity contribution >= 4 is 33.8 Å². The molecule has 3 aromatic carbocycles. The third-order valence-corrected chi connectivity index (χ3v) is 4.36. The molecule has 0 aliphatic rings. The molecule has 0 saturated heterocycles. The summed E-state index contributed by atoms with van der Waals surface area (Å²) in [5.74, 6) is -0.0935. The summed E-state index contributed by atoms with van der Waals surface area (Å²) in [5.41, 5.74) is 5.03. The molecule has 0 aliphatic carbocycles. The maximum atomic E-state index is 12.2. The van der Waals surface area contributed by atoms with Crippen LogP contribution in [0.1, 0.15) is 11.1 Å². The number of aromatic nitrogens is 1. The first-order valence-corrected chi connectivity index (χ1v) is 8.30. The molecule has 26 heavy (non-hydrogen) atoms. The van der Waals surface area contributed by atoms with Crippen LogP contribution in [0.25, 0.3) is 21.7 Å². The van der Waals surface area contributed by atoms with E-state index >= 15 is 0 Å². The molecule has 1 aromatic heterocycles. The zero-order chi connectivity index (χ0) is 17.9. The number of carbonyl (C=O) groups is 1. The van der Waals surface area contributed by atoms with Crippen molar-refractivity contribution < 1.29 is 9.90 Å². The highest BCUT2D eigenvalue weighted by Crippen LogP contribution is 2.25. The third kappa shape index (κ3) is 3.02. The number of rotatable bonds is 4. The van der Waals surface area contributed by atoms with Gasteiger partial charge < -0.3 is 10.1 Å². The van der Waals surface area contributed by atoms with Gasteiger partial charge in [-0.2, -0.15) is 5.10 Å². The monoisotopic (exact) mass is 343 g/mol. The van der Waals surface area contributed by atoms with E-state index in [9.17, 15) is 9.90 Å². The van der Waals surface area contributed by atoms with Gasteiger partial charge in [-0.25, -0.2) is 5.43 Å². The van der Waals surface area contributed by atoms with Crippen molar-refractivity contribution in [3.8, 4) is 5.75 Å². The quantitative estimate of drug-likeness (QED) is 0.390. The minimum absolute atomic E-state index is 0.123. The first-order valence-electron chi connectivity index (χ1n) is 8.30. The average Bonchev–Trinajstić information content (AvgIpc) is 3.06. The predicted molar refractivity (Wildman–Crippen MR) is 103 cm³/mol. The van der Waals surface area contributed by atoms with E-state index < -0.39 is 0 Å². The lowest BCUT2D eigenvalue weighted by Crippen LogP contribution is -2.19. The number of fused-ring (bicyclic) bond motifs is 2. The number of hydrogen-bond acceptors (Lipinski definition) is 3. The number of carbonyl (C=O) groups excluding carboxylic acids is 1. The van der Waals surface area contributed by atoms with Crippen molar-refractivity contribution in [3.63, 3.8) is 0 Å². The Hall–Kier alpha value is -3.60. The molecule has 0 saturated carbocycles. The summed E-state index contributed by atoms with van der Waals surface area (Å²) >= 11 is 0. The smallest absolute Gasteiger partial charge is 0.244 e. The van der Waals surface area contributed by atoms with Crippen molar-refractivity contribution in [1.29, 1.82) is 0 Å². The molecule has 0 spiro atoms. The number of phenolic OH excluding ortho intramolecular Hbond substituents is 1. The van der Waals surface area contributed by atoms with Crippen LogP contribution in [0.3, 0.4) is 0 Å². The van der Waals surface area contributed by atoms with Crippen LogP contribution < -0.4 is 5.43 Å². The molecule has 0 unspecified atom stereocenters. The molecule has 0 fully saturated rings. The van der Waals surface area contributed by atoms with E-state index in [2.05, 4.69) is 15.5 Å². The number of nitrogens with zero attached hydrogens (tertiary/aromatic N) is 1. The standard InChI is InChI=1S/C21H17N3O2/c25-20-10-9-14-5-1-2-6-16(14)18(20)13-23-24-21(26)11-15-12-22-19-8-4-3-7-17(15)19/h1-10,12-13,22,25H,11H2,(H,24,26). The lowest BCUT2D eigenvalue weighted by Gasteiger charge is -2.05. The molecule has 0 bridgehead atoms. The molecule has 4 aromatic rings. The van der Waals surface area contributed by atoms with E-state index in [1.54, 1.807) is 6.07 Å². The first-order chi connectivity index (χ1) is 12.7. The van der Waals surface area contributed by atoms with Gasteiger partial charge in [-0.05, 0) is 28.5 Å². The highest BCUT2D eigenvalue weighted by atomic mass is 16.3. The topological polar surface area (TPSA) is 77.5 Å². The van der Waals surface area contributed by atoms with Crippen LogP contribution in [0.2, 0.25) is 0 Å². The Morgan fingerprint density at radius 3 is 2.69 bits per heavy atom. The number of hydrazone groups is 1. The van der Waals surface area contributed by atoms with Gasteiger partial charge in [-0.1, -0.05) is 48.5 Å². The average molecular weight is 343 g/mol. The Morgan fingerprint density at radius 2 is 1.81 bits per heavy atom. The second-order valence-corrected chi connectivity index (χ2v) is 6.05. The van der Waals surface area contributed by atoms with Crippen LogP contribution in [-0.2, 0) is 11.2 Å². The zero-order valence-corrected chi connectivity index (χ0v) is 13.9. The molecule has 128 valence electrons. The fourth-order valence-electron chi connectivity index (χ4n) is 3.08. The van der Waals surface area contributed by atoms with Crippen LogP contribution in [0, 0.1) is 0 Å². The van der Waals surface area contributed by atoms with Gasteiger partial charge in [-0.3, -0.25) is 4.79 Å². The first kappa shape index (κ1) is 15.9. The second kappa shape index (κ2) is 6.72. The second-order valence-electron chi connectivity index (χ2n) is 6.05. The number of benzene rings is 3. The fourth-order valence-corrected chi connectivity index (χ4v) is 3.08. The van der Waals surface area contributed by atoms with Crippen molar-refractivity contribution in [1.82, 2.24) is 10.4 Å². The summed E-state index contributed by atoms with van der Waals surface area (Å²) in [5, 5.41) is 17.0. The van der Waals surface area contributed by atoms with Gasteiger partial charge in [0.15, 0.2) is 0 Å². The molecule has 0 aliphatic heterocycles. The number of nitrogens with one attached hydrogen (secondary N) is 2. The number of para-hydroxylation sites is 1. The SMILES string of the molecule is O=C(Cc1c[nH]c2ccccc12)NN=Cc1c(O)ccc2ccccc12. The summed E-state index contributed by atoms with van der Waals surface area (Å²) in [6.45, 7) is 0.